The van der Waals surface area contributed by atoms with Gasteiger partial charge in [-0.3, -0.25) is 0 Å². The van der Waals surface area contributed by atoms with E-state index in [4.69, 9.17) is 10.00 Å². The van der Waals surface area contributed by atoms with Gasteiger partial charge < -0.3 is 19.9 Å². The molecule has 4 heterocycles. The third-order valence-corrected chi connectivity index (χ3v) is 6.64. The van der Waals surface area contributed by atoms with E-state index in [1.165, 1.54) is 12.3 Å². The van der Waals surface area contributed by atoms with Crippen molar-refractivity contribution in [2.24, 2.45) is 5.41 Å². The zero-order valence-corrected chi connectivity index (χ0v) is 19.9. The van der Waals surface area contributed by atoms with Crippen LogP contribution in [0.25, 0.3) is 22.3 Å². The van der Waals surface area contributed by atoms with Gasteiger partial charge in [0.05, 0.1) is 5.69 Å². The molecule has 2 fully saturated rings. The molecule has 1 amide bonds. The Morgan fingerprint density at radius 3 is 2.64 bits per heavy atom. The minimum atomic E-state index is -4.67. The molecule has 1 aliphatic heterocycles. The van der Waals surface area contributed by atoms with Crippen molar-refractivity contribution in [2.75, 3.05) is 18.4 Å². The lowest BCUT2D eigenvalue weighted by Gasteiger charge is -2.60. The van der Waals surface area contributed by atoms with Crippen LogP contribution in [0.1, 0.15) is 44.9 Å². The number of aromatic nitrogens is 4. The average Bonchev–Trinajstić information content (AvgIpc) is 3.17. The molecule has 12 heteroatoms. The van der Waals surface area contributed by atoms with Crippen molar-refractivity contribution in [3.05, 3.63) is 35.8 Å². The number of nitrogens with zero attached hydrogens (tertiary/aromatic N) is 5. The van der Waals surface area contributed by atoms with Crippen molar-refractivity contribution in [1.29, 1.82) is 5.26 Å². The van der Waals surface area contributed by atoms with Crippen molar-refractivity contribution < 1.29 is 22.7 Å². The molecule has 1 saturated carbocycles. The van der Waals surface area contributed by atoms with Crippen LogP contribution in [0.2, 0.25) is 0 Å². The second-order valence-electron chi connectivity index (χ2n) is 10.3. The number of fused-ring (bicyclic) bond motifs is 1. The van der Waals surface area contributed by atoms with Crippen LogP contribution in [0.4, 0.5) is 23.9 Å². The number of ether oxygens (including phenoxy) is 1. The molecule has 3 aromatic heterocycles. The van der Waals surface area contributed by atoms with Crippen LogP contribution < -0.4 is 5.32 Å². The Bertz CT molecular complexity index is 1380. The number of hydrogen-bond donors (Lipinski definition) is 2. The van der Waals surface area contributed by atoms with Gasteiger partial charge in [-0.1, -0.05) is 0 Å². The summed E-state index contributed by atoms with van der Waals surface area (Å²) in [5, 5.41) is 12.7. The van der Waals surface area contributed by atoms with Gasteiger partial charge in [0, 0.05) is 47.9 Å². The van der Waals surface area contributed by atoms with E-state index in [2.05, 4.69) is 25.3 Å². The largest absolute Gasteiger partial charge is 0.444 e. The third-order valence-electron chi connectivity index (χ3n) is 6.64. The number of H-pyrrole nitrogens is 1. The molecule has 2 N–H and O–H groups in total. The number of amides is 1. The Kier molecular flexibility index (Phi) is 5.35. The molecule has 9 nitrogen and oxygen atoms in total. The molecule has 5 rings (SSSR count). The first-order chi connectivity index (χ1) is 16.9. The molecular weight excluding hydrogens is 475 g/mol. The molecule has 188 valence electrons. The highest BCUT2D eigenvalue weighted by molar-refractivity contribution is 5.93. The molecule has 0 radical (unpaired) electrons. The Balaban J connectivity index is 1.40. The number of carbonyl (C=O) groups is 1. The molecule has 0 aromatic carbocycles. The van der Waals surface area contributed by atoms with E-state index < -0.39 is 17.3 Å². The van der Waals surface area contributed by atoms with Gasteiger partial charge in [0.25, 0.3) is 0 Å². The molecule has 1 aliphatic carbocycles. The van der Waals surface area contributed by atoms with E-state index >= 15 is 0 Å². The Hall–Kier alpha value is -3.88. The second kappa shape index (κ2) is 8.08. The first kappa shape index (κ1) is 23.8. The van der Waals surface area contributed by atoms with Gasteiger partial charge >= 0.3 is 12.3 Å². The van der Waals surface area contributed by atoms with Gasteiger partial charge in [0.15, 0.2) is 0 Å². The highest BCUT2D eigenvalue weighted by atomic mass is 19.4. The maximum Gasteiger partial charge on any atom is 0.419 e. The van der Waals surface area contributed by atoms with Crippen LogP contribution >= 0.6 is 0 Å². The van der Waals surface area contributed by atoms with Crippen LogP contribution in [-0.4, -0.2) is 55.7 Å². The van der Waals surface area contributed by atoms with Gasteiger partial charge in [-0.25, -0.2) is 19.7 Å². The van der Waals surface area contributed by atoms with E-state index in [9.17, 15) is 18.0 Å². The fourth-order valence-electron chi connectivity index (χ4n) is 4.75. The number of rotatable bonds is 3. The zero-order valence-electron chi connectivity index (χ0n) is 19.9. The van der Waals surface area contributed by atoms with Crippen molar-refractivity contribution >= 4 is 23.1 Å². The number of nitriles is 1. The standard InChI is InChI=1S/C24H24F3N7O2/c1-22(2,3)36-21(35)34-11-23(12-34)7-6-17(23)32-20-30-10-16(24(25,26)27)18(33-20)15-9-29-19-14(15)5-4-13(8-28)31-19/h4-5,9-10,17H,6-7,11-12H2,1-3H3,(H,29,31)(H,30,32,33)/t17-/m1/s1. The van der Waals surface area contributed by atoms with Crippen LogP contribution in [0.5, 0.6) is 0 Å². The van der Waals surface area contributed by atoms with E-state index in [0.717, 1.165) is 19.0 Å². The lowest BCUT2D eigenvalue weighted by Crippen LogP contribution is -2.70. The number of alkyl halides is 3. The number of hydrogen-bond acceptors (Lipinski definition) is 7. The molecule has 0 unspecified atom stereocenters. The number of carbonyl (C=O) groups excluding carboxylic acids is 1. The van der Waals surface area contributed by atoms with Crippen molar-refractivity contribution in [1.82, 2.24) is 24.8 Å². The van der Waals surface area contributed by atoms with Crippen LogP contribution in [0, 0.1) is 16.7 Å². The molecule has 3 aromatic rings. The minimum Gasteiger partial charge on any atom is -0.444 e. The Morgan fingerprint density at radius 2 is 2.03 bits per heavy atom. The number of anilines is 1. The summed E-state index contributed by atoms with van der Waals surface area (Å²) in [6.45, 7) is 6.42. The van der Waals surface area contributed by atoms with Crippen molar-refractivity contribution in [3.8, 4) is 17.3 Å². The molecule has 2 aliphatic rings. The number of aromatic amines is 1. The van der Waals surface area contributed by atoms with E-state index in [1.807, 2.05) is 6.07 Å². The number of nitrogens with one attached hydrogen (secondary N) is 2. The quantitative estimate of drug-likeness (QED) is 0.535. The lowest BCUT2D eigenvalue weighted by molar-refractivity contribution is -0.137. The summed E-state index contributed by atoms with van der Waals surface area (Å²) in [6, 6.07) is 4.82. The summed E-state index contributed by atoms with van der Waals surface area (Å²) in [5.74, 6) is 0.0775. The zero-order chi connectivity index (χ0) is 25.9. The van der Waals surface area contributed by atoms with Crippen LogP contribution in [0.3, 0.4) is 0 Å². The predicted molar refractivity (Wildman–Crippen MR) is 124 cm³/mol. The van der Waals surface area contributed by atoms with Crippen molar-refractivity contribution in [2.45, 2.75) is 51.4 Å². The molecule has 0 bridgehead atoms. The van der Waals surface area contributed by atoms with Crippen LogP contribution in [0.15, 0.2) is 24.5 Å². The smallest absolute Gasteiger partial charge is 0.419 e. The van der Waals surface area contributed by atoms with Crippen molar-refractivity contribution in [3.63, 3.8) is 0 Å². The number of pyridine rings is 1. The topological polar surface area (TPSA) is 120 Å². The molecule has 1 saturated heterocycles. The maximum absolute atomic E-state index is 13.8. The fourth-order valence-corrected chi connectivity index (χ4v) is 4.75. The second-order valence-corrected chi connectivity index (χ2v) is 10.3. The third kappa shape index (κ3) is 4.19. The fraction of sp³-hybridized carbons (Fsp3) is 0.458. The van der Waals surface area contributed by atoms with E-state index in [0.29, 0.717) is 24.1 Å². The summed E-state index contributed by atoms with van der Waals surface area (Å²) in [7, 11) is 0. The maximum atomic E-state index is 13.8. The van der Waals surface area contributed by atoms with Gasteiger partial charge in [0.1, 0.15) is 28.6 Å². The normalized spacial score (nSPS) is 18.9. The average molecular weight is 499 g/mol. The van der Waals surface area contributed by atoms with E-state index in [1.54, 1.807) is 31.7 Å². The Labute approximate surface area is 204 Å². The van der Waals surface area contributed by atoms with Gasteiger partial charge in [0.2, 0.25) is 5.95 Å². The summed E-state index contributed by atoms with van der Waals surface area (Å²) < 4.78 is 46.9. The van der Waals surface area contributed by atoms with Gasteiger partial charge in [-0.05, 0) is 45.7 Å². The molecular formula is C24H24F3N7O2. The van der Waals surface area contributed by atoms with Gasteiger partial charge in [-0.15, -0.1) is 0 Å². The molecule has 1 spiro atoms. The summed E-state index contributed by atoms with van der Waals surface area (Å²) in [6.07, 6.45) is -1.20. The predicted octanol–water partition coefficient (Wildman–Crippen LogP) is 4.72. The minimum absolute atomic E-state index is 0.0775. The van der Waals surface area contributed by atoms with Gasteiger partial charge in [-0.2, -0.15) is 18.4 Å². The summed E-state index contributed by atoms with van der Waals surface area (Å²) >= 11 is 0. The summed E-state index contributed by atoms with van der Waals surface area (Å²) in [4.78, 5) is 29.1. The summed E-state index contributed by atoms with van der Waals surface area (Å²) in [5.41, 5.74) is -1.37. The first-order valence-corrected chi connectivity index (χ1v) is 11.5. The Morgan fingerprint density at radius 1 is 1.28 bits per heavy atom. The lowest BCUT2D eigenvalue weighted by atomic mass is 9.59. The monoisotopic (exact) mass is 499 g/mol. The SMILES string of the molecule is CC(C)(C)OC(=O)N1CC2(CC[C@H]2Nc2ncc(C(F)(F)F)c(-c3c[nH]c4nc(C#N)ccc34)n2)C1. The number of halogens is 3. The first-order valence-electron chi connectivity index (χ1n) is 11.5. The van der Waals surface area contributed by atoms with E-state index in [-0.39, 0.29) is 40.4 Å². The van der Waals surface area contributed by atoms with Crippen LogP contribution in [-0.2, 0) is 10.9 Å². The highest BCUT2D eigenvalue weighted by Crippen LogP contribution is 2.50. The molecule has 36 heavy (non-hydrogen) atoms. The molecule has 1 atom stereocenters. The number of likely N-dealkylation sites (tertiary alicyclic amines) is 1. The highest BCUT2D eigenvalue weighted by Gasteiger charge is 2.57.